The smallest absolute Gasteiger partial charge is 0.231 e. The number of hydrogen-bond donors (Lipinski definition) is 1. The molecule has 1 atom stereocenters. The van der Waals surface area contributed by atoms with Crippen LogP contribution in [0.25, 0.3) is 0 Å². The van der Waals surface area contributed by atoms with E-state index in [1.165, 1.54) is 0 Å². The number of nitrogens with one attached hydrogen (secondary N) is 1. The molecule has 1 amide bonds. The van der Waals surface area contributed by atoms with Gasteiger partial charge in [0.25, 0.3) is 0 Å². The summed E-state index contributed by atoms with van der Waals surface area (Å²) in [5, 5.41) is 3.82. The standard InChI is InChI=1S/C18H18ClNO/c1-13(14-6-3-2-4-7-14)20-17(21)18(10-11-18)15-8-5-9-16(19)12-15/h2-9,12-13H,10-11H2,1H3,(H,20,21). The predicted octanol–water partition coefficient (Wildman–Crippen LogP) is 4.25. The Morgan fingerprint density at radius 3 is 2.48 bits per heavy atom. The summed E-state index contributed by atoms with van der Waals surface area (Å²) >= 11 is 6.05. The second kappa shape index (κ2) is 5.53. The van der Waals surface area contributed by atoms with E-state index in [-0.39, 0.29) is 17.4 Å². The Morgan fingerprint density at radius 2 is 1.86 bits per heavy atom. The van der Waals surface area contributed by atoms with Crippen molar-refractivity contribution in [1.29, 1.82) is 0 Å². The number of carbonyl (C=O) groups excluding carboxylic acids is 1. The number of amides is 1. The highest BCUT2D eigenvalue weighted by molar-refractivity contribution is 6.30. The molecule has 2 aromatic carbocycles. The van der Waals surface area contributed by atoms with Crippen molar-refractivity contribution in [2.45, 2.75) is 31.2 Å². The van der Waals surface area contributed by atoms with Crippen LogP contribution in [0.15, 0.2) is 54.6 Å². The fraction of sp³-hybridized carbons (Fsp3) is 0.278. The molecule has 1 fully saturated rings. The monoisotopic (exact) mass is 299 g/mol. The summed E-state index contributed by atoms with van der Waals surface area (Å²) < 4.78 is 0. The first-order valence-electron chi connectivity index (χ1n) is 7.24. The van der Waals surface area contributed by atoms with Crippen LogP contribution in [-0.2, 0) is 10.2 Å². The van der Waals surface area contributed by atoms with Gasteiger partial charge in [-0.25, -0.2) is 0 Å². The third-order valence-corrected chi connectivity index (χ3v) is 4.44. The third-order valence-electron chi connectivity index (χ3n) is 4.21. The molecule has 1 aliphatic carbocycles. The summed E-state index contributed by atoms with van der Waals surface area (Å²) in [5.74, 6) is 0.0983. The maximum atomic E-state index is 12.7. The lowest BCUT2D eigenvalue weighted by Gasteiger charge is -2.20. The molecule has 0 radical (unpaired) electrons. The zero-order valence-electron chi connectivity index (χ0n) is 12.0. The molecule has 21 heavy (non-hydrogen) atoms. The summed E-state index contributed by atoms with van der Waals surface area (Å²) in [5.41, 5.74) is 1.76. The van der Waals surface area contributed by atoms with E-state index in [0.29, 0.717) is 5.02 Å². The molecule has 1 unspecified atom stereocenters. The van der Waals surface area contributed by atoms with Crippen LogP contribution in [0.1, 0.15) is 36.9 Å². The molecule has 108 valence electrons. The van der Waals surface area contributed by atoms with Crippen molar-refractivity contribution in [2.75, 3.05) is 0 Å². The topological polar surface area (TPSA) is 29.1 Å². The minimum absolute atomic E-state index is 0.00959. The summed E-state index contributed by atoms with van der Waals surface area (Å²) in [7, 11) is 0. The van der Waals surface area contributed by atoms with E-state index in [1.807, 2.05) is 61.5 Å². The number of rotatable bonds is 4. The van der Waals surface area contributed by atoms with Crippen molar-refractivity contribution >= 4 is 17.5 Å². The molecule has 0 bridgehead atoms. The van der Waals surface area contributed by atoms with Gasteiger partial charge in [0.2, 0.25) is 5.91 Å². The molecule has 1 N–H and O–H groups in total. The van der Waals surface area contributed by atoms with Gasteiger partial charge in [-0.1, -0.05) is 54.1 Å². The molecule has 2 aromatic rings. The van der Waals surface area contributed by atoms with Crippen LogP contribution < -0.4 is 5.32 Å². The van der Waals surface area contributed by atoms with Crippen molar-refractivity contribution in [3.05, 3.63) is 70.7 Å². The predicted molar refractivity (Wildman–Crippen MR) is 85.4 cm³/mol. The maximum absolute atomic E-state index is 12.7. The largest absolute Gasteiger partial charge is 0.349 e. The normalized spacial score (nSPS) is 17.0. The second-order valence-electron chi connectivity index (χ2n) is 5.70. The van der Waals surface area contributed by atoms with Crippen LogP contribution in [-0.4, -0.2) is 5.91 Å². The molecular weight excluding hydrogens is 282 g/mol. The minimum Gasteiger partial charge on any atom is -0.349 e. The van der Waals surface area contributed by atoms with E-state index < -0.39 is 0 Å². The Bertz CT molecular complexity index is 649. The zero-order chi connectivity index (χ0) is 14.9. The van der Waals surface area contributed by atoms with E-state index in [0.717, 1.165) is 24.0 Å². The average molecular weight is 300 g/mol. The van der Waals surface area contributed by atoms with Gasteiger partial charge in [-0.15, -0.1) is 0 Å². The quantitative estimate of drug-likeness (QED) is 0.898. The Morgan fingerprint density at radius 1 is 1.14 bits per heavy atom. The van der Waals surface area contributed by atoms with E-state index in [9.17, 15) is 4.79 Å². The van der Waals surface area contributed by atoms with Crippen molar-refractivity contribution in [3.63, 3.8) is 0 Å². The molecule has 1 saturated carbocycles. The molecule has 0 saturated heterocycles. The highest BCUT2D eigenvalue weighted by atomic mass is 35.5. The molecule has 1 aliphatic rings. The maximum Gasteiger partial charge on any atom is 0.231 e. The first kappa shape index (κ1) is 14.2. The number of benzene rings is 2. The Hall–Kier alpha value is -1.80. The van der Waals surface area contributed by atoms with Gasteiger partial charge in [-0.3, -0.25) is 4.79 Å². The van der Waals surface area contributed by atoms with E-state index in [1.54, 1.807) is 0 Å². The van der Waals surface area contributed by atoms with Gasteiger partial charge in [0.05, 0.1) is 11.5 Å². The number of halogens is 1. The van der Waals surface area contributed by atoms with Crippen LogP contribution in [0.2, 0.25) is 5.02 Å². The zero-order valence-corrected chi connectivity index (χ0v) is 12.7. The first-order valence-corrected chi connectivity index (χ1v) is 7.61. The van der Waals surface area contributed by atoms with Crippen molar-refractivity contribution in [1.82, 2.24) is 5.32 Å². The second-order valence-corrected chi connectivity index (χ2v) is 6.13. The Labute approximate surface area is 130 Å². The lowest BCUT2D eigenvalue weighted by atomic mass is 9.94. The lowest BCUT2D eigenvalue weighted by Crippen LogP contribution is -2.36. The Balaban J connectivity index is 1.76. The summed E-state index contributed by atoms with van der Waals surface area (Å²) in [6, 6.07) is 17.7. The van der Waals surface area contributed by atoms with Gasteiger partial charge in [0, 0.05) is 5.02 Å². The molecule has 0 aromatic heterocycles. The summed E-state index contributed by atoms with van der Waals surface area (Å²) in [6.07, 6.45) is 1.78. The van der Waals surface area contributed by atoms with Crippen LogP contribution in [0, 0.1) is 0 Å². The molecule has 0 spiro atoms. The van der Waals surface area contributed by atoms with Gasteiger partial charge in [0.15, 0.2) is 0 Å². The molecular formula is C18H18ClNO. The van der Waals surface area contributed by atoms with Crippen molar-refractivity contribution in [2.24, 2.45) is 0 Å². The SMILES string of the molecule is CC(NC(=O)C1(c2cccc(Cl)c2)CC1)c1ccccc1. The van der Waals surface area contributed by atoms with E-state index in [2.05, 4.69) is 5.32 Å². The van der Waals surface area contributed by atoms with E-state index >= 15 is 0 Å². The fourth-order valence-corrected chi connectivity index (χ4v) is 2.91. The average Bonchev–Trinajstić information content (AvgIpc) is 3.30. The van der Waals surface area contributed by atoms with Gasteiger partial charge < -0.3 is 5.32 Å². The molecule has 3 heteroatoms. The Kier molecular flexibility index (Phi) is 3.73. The molecule has 0 aliphatic heterocycles. The third kappa shape index (κ3) is 2.81. The molecule has 0 heterocycles. The van der Waals surface area contributed by atoms with Crippen LogP contribution in [0.3, 0.4) is 0 Å². The van der Waals surface area contributed by atoms with Crippen LogP contribution >= 0.6 is 11.6 Å². The van der Waals surface area contributed by atoms with Gasteiger partial charge in [-0.05, 0) is 43.0 Å². The molecule has 3 rings (SSSR count). The number of hydrogen-bond acceptors (Lipinski definition) is 1. The van der Waals surface area contributed by atoms with Crippen molar-refractivity contribution in [3.8, 4) is 0 Å². The lowest BCUT2D eigenvalue weighted by molar-refractivity contribution is -0.124. The van der Waals surface area contributed by atoms with Gasteiger partial charge >= 0.3 is 0 Å². The van der Waals surface area contributed by atoms with Crippen LogP contribution in [0.5, 0.6) is 0 Å². The van der Waals surface area contributed by atoms with Gasteiger partial charge in [0.1, 0.15) is 0 Å². The highest BCUT2D eigenvalue weighted by Crippen LogP contribution is 2.49. The number of carbonyl (C=O) groups is 1. The van der Waals surface area contributed by atoms with E-state index in [4.69, 9.17) is 11.6 Å². The minimum atomic E-state index is -0.381. The van der Waals surface area contributed by atoms with Crippen molar-refractivity contribution < 1.29 is 4.79 Å². The summed E-state index contributed by atoms with van der Waals surface area (Å²) in [6.45, 7) is 2.02. The van der Waals surface area contributed by atoms with Crippen LogP contribution in [0.4, 0.5) is 0 Å². The molecule has 2 nitrogen and oxygen atoms in total. The summed E-state index contributed by atoms with van der Waals surface area (Å²) in [4.78, 5) is 12.7. The highest BCUT2D eigenvalue weighted by Gasteiger charge is 2.51. The fourth-order valence-electron chi connectivity index (χ4n) is 2.72. The first-order chi connectivity index (χ1) is 10.1. The van der Waals surface area contributed by atoms with Gasteiger partial charge in [-0.2, -0.15) is 0 Å².